The van der Waals surface area contributed by atoms with Crippen LogP contribution in [0.3, 0.4) is 0 Å². The Morgan fingerprint density at radius 3 is 2.31 bits per heavy atom. The summed E-state index contributed by atoms with van der Waals surface area (Å²) >= 11 is 0. The van der Waals surface area contributed by atoms with Crippen molar-refractivity contribution in [1.82, 2.24) is 0 Å². The maximum absolute atomic E-state index is 12.0. The average Bonchev–Trinajstić information content (AvgIpc) is 3.11. The highest BCUT2D eigenvalue weighted by Crippen LogP contribution is 2.73. The molecule has 6 atom stereocenters. The lowest BCUT2D eigenvalue weighted by Gasteiger charge is -2.65. The van der Waals surface area contributed by atoms with Crippen LogP contribution in [0.15, 0.2) is 11.6 Å². The average molecular weight is 357 g/mol. The number of carbonyl (C=O) groups is 2. The maximum atomic E-state index is 12.0. The number of hydrogen-bond acceptors (Lipinski definition) is 3. The molecule has 5 aliphatic rings. The molecule has 4 fully saturated rings. The van der Waals surface area contributed by atoms with Crippen molar-refractivity contribution in [1.29, 1.82) is 0 Å². The van der Waals surface area contributed by atoms with E-state index in [-0.39, 0.29) is 27.8 Å². The molecule has 5 rings (SSSR count). The Hall–Kier alpha value is -1.12. The second-order valence-corrected chi connectivity index (χ2v) is 10.6. The van der Waals surface area contributed by atoms with E-state index in [1.807, 2.05) is 6.08 Å². The molecular weight excluding hydrogens is 324 g/mol. The second-order valence-electron chi connectivity index (χ2n) is 10.6. The first-order valence-electron chi connectivity index (χ1n) is 10.7. The van der Waals surface area contributed by atoms with Gasteiger partial charge in [-0.3, -0.25) is 9.59 Å². The van der Waals surface area contributed by atoms with Crippen molar-refractivity contribution in [2.24, 2.45) is 28.1 Å². The fraction of sp³-hybridized carbons (Fsp3) is 0.826. The van der Waals surface area contributed by atoms with Gasteiger partial charge in [-0.2, -0.15) is 0 Å². The molecule has 4 aliphatic carbocycles. The molecule has 3 nitrogen and oxygen atoms in total. The van der Waals surface area contributed by atoms with Crippen LogP contribution in [-0.2, 0) is 14.3 Å². The number of esters is 1. The van der Waals surface area contributed by atoms with Crippen LogP contribution in [0, 0.1) is 28.1 Å². The second kappa shape index (κ2) is 5.02. The summed E-state index contributed by atoms with van der Waals surface area (Å²) in [6.45, 7) is 7.40. The Balaban J connectivity index is 1.54. The first-order valence-corrected chi connectivity index (χ1v) is 10.7. The molecule has 1 saturated heterocycles. The van der Waals surface area contributed by atoms with Crippen LogP contribution in [0.4, 0.5) is 0 Å². The summed E-state index contributed by atoms with van der Waals surface area (Å²) in [7, 11) is 0. The molecule has 1 spiro atoms. The van der Waals surface area contributed by atoms with Crippen LogP contribution >= 0.6 is 0 Å². The Bertz CT molecular complexity index is 723. The zero-order valence-electron chi connectivity index (χ0n) is 16.5. The van der Waals surface area contributed by atoms with Gasteiger partial charge in [0, 0.05) is 18.3 Å². The summed E-state index contributed by atoms with van der Waals surface area (Å²) in [5, 5.41) is 0. The molecule has 0 aromatic rings. The number of ether oxygens (including phenoxy) is 1. The van der Waals surface area contributed by atoms with Gasteiger partial charge in [0.15, 0.2) is 5.78 Å². The quantitative estimate of drug-likeness (QED) is 0.575. The highest BCUT2D eigenvalue weighted by molar-refractivity contribution is 5.91. The Morgan fingerprint density at radius 2 is 1.58 bits per heavy atom. The van der Waals surface area contributed by atoms with Gasteiger partial charge in [-0.1, -0.05) is 26.3 Å². The van der Waals surface area contributed by atoms with Gasteiger partial charge in [0.05, 0.1) is 0 Å². The number of allylic oxidation sites excluding steroid dienone is 1. The number of carbonyl (C=O) groups excluding carboxylic acids is 2. The van der Waals surface area contributed by atoms with Crippen molar-refractivity contribution >= 4 is 11.8 Å². The third kappa shape index (κ3) is 1.81. The Morgan fingerprint density at radius 1 is 0.846 bits per heavy atom. The van der Waals surface area contributed by atoms with Gasteiger partial charge in [-0.05, 0) is 80.1 Å². The topological polar surface area (TPSA) is 43.4 Å². The summed E-state index contributed by atoms with van der Waals surface area (Å²) in [6.07, 6.45) is 12.2. The third-order valence-corrected chi connectivity index (χ3v) is 10.1. The minimum atomic E-state index is -0.185. The standard InChI is InChI=1S/C23H32O3/c1-20-9-6-16(24)14-15(20)4-5-17-18-7-10-23(11-8-19(25)26-23)22(18,3)13-12-21(17,20)2/h14,17-18H,4-13H2,1-3H3/t17?,18?,20?,21?,22?,23-/m1/s1. The molecule has 1 aliphatic heterocycles. The van der Waals surface area contributed by atoms with E-state index in [1.54, 1.807) is 0 Å². The van der Waals surface area contributed by atoms with Crippen molar-refractivity contribution in [2.45, 2.75) is 90.6 Å². The van der Waals surface area contributed by atoms with E-state index in [0.29, 0.717) is 30.5 Å². The largest absolute Gasteiger partial charge is 0.458 e. The van der Waals surface area contributed by atoms with Gasteiger partial charge >= 0.3 is 5.97 Å². The molecule has 3 saturated carbocycles. The maximum Gasteiger partial charge on any atom is 0.306 e. The van der Waals surface area contributed by atoms with Gasteiger partial charge in [0.1, 0.15) is 5.60 Å². The van der Waals surface area contributed by atoms with E-state index >= 15 is 0 Å². The number of ketones is 1. The third-order valence-electron chi connectivity index (χ3n) is 10.1. The SMILES string of the molecule is CC12CCC(=O)C=C1CCC1C3CC[C@@]4(CCC(=O)O4)C3(C)CCC12C. The normalized spacial score (nSPS) is 53.0. The smallest absolute Gasteiger partial charge is 0.306 e. The van der Waals surface area contributed by atoms with E-state index in [1.165, 1.54) is 24.8 Å². The number of hydrogen-bond donors (Lipinski definition) is 0. The molecule has 1 heterocycles. The minimum Gasteiger partial charge on any atom is -0.458 e. The predicted molar refractivity (Wildman–Crippen MR) is 99.4 cm³/mol. The van der Waals surface area contributed by atoms with Gasteiger partial charge in [-0.15, -0.1) is 0 Å². The summed E-state index contributed by atoms with van der Waals surface area (Å²) in [5.74, 6) is 1.70. The highest BCUT2D eigenvalue weighted by Gasteiger charge is 2.69. The Kier molecular flexibility index (Phi) is 3.29. The molecule has 26 heavy (non-hydrogen) atoms. The summed E-state index contributed by atoms with van der Waals surface area (Å²) < 4.78 is 6.05. The molecule has 142 valence electrons. The molecule has 0 aromatic carbocycles. The van der Waals surface area contributed by atoms with Crippen LogP contribution in [-0.4, -0.2) is 17.4 Å². The van der Waals surface area contributed by atoms with Crippen LogP contribution in [0.2, 0.25) is 0 Å². The molecule has 0 bridgehead atoms. The van der Waals surface area contributed by atoms with Crippen LogP contribution < -0.4 is 0 Å². The van der Waals surface area contributed by atoms with Crippen molar-refractivity contribution < 1.29 is 14.3 Å². The molecule has 0 N–H and O–H groups in total. The van der Waals surface area contributed by atoms with Crippen LogP contribution in [0.25, 0.3) is 0 Å². The fourth-order valence-corrected chi connectivity index (χ4v) is 8.22. The molecule has 3 heteroatoms. The van der Waals surface area contributed by atoms with Crippen molar-refractivity contribution in [2.75, 3.05) is 0 Å². The molecule has 0 aromatic heterocycles. The van der Waals surface area contributed by atoms with Crippen molar-refractivity contribution in [3.63, 3.8) is 0 Å². The molecule has 0 amide bonds. The van der Waals surface area contributed by atoms with Crippen molar-refractivity contribution in [3.05, 3.63) is 11.6 Å². The van der Waals surface area contributed by atoms with E-state index in [0.717, 1.165) is 32.1 Å². The monoisotopic (exact) mass is 356 g/mol. The first-order chi connectivity index (χ1) is 12.2. The molecule has 0 radical (unpaired) electrons. The summed E-state index contributed by atoms with van der Waals surface area (Å²) in [5.41, 5.74) is 1.83. The fourth-order valence-electron chi connectivity index (χ4n) is 8.22. The number of rotatable bonds is 0. The Labute approximate surface area is 156 Å². The molecular formula is C23H32O3. The van der Waals surface area contributed by atoms with E-state index < -0.39 is 0 Å². The lowest BCUT2D eigenvalue weighted by Crippen LogP contribution is -2.59. The molecule has 5 unspecified atom stereocenters. The van der Waals surface area contributed by atoms with Crippen molar-refractivity contribution in [3.8, 4) is 0 Å². The van der Waals surface area contributed by atoms with Crippen LogP contribution in [0.1, 0.15) is 85.0 Å². The predicted octanol–water partition coefficient (Wildman–Crippen LogP) is 4.98. The van der Waals surface area contributed by atoms with Gasteiger partial charge in [0.2, 0.25) is 0 Å². The minimum absolute atomic E-state index is 0.0202. The van der Waals surface area contributed by atoms with Gasteiger partial charge in [0.25, 0.3) is 0 Å². The van der Waals surface area contributed by atoms with Crippen LogP contribution in [0.5, 0.6) is 0 Å². The first kappa shape index (κ1) is 17.0. The summed E-state index contributed by atoms with van der Waals surface area (Å²) in [4.78, 5) is 24.0. The highest BCUT2D eigenvalue weighted by atomic mass is 16.6. The lowest BCUT2D eigenvalue weighted by atomic mass is 9.40. The van der Waals surface area contributed by atoms with E-state index in [2.05, 4.69) is 20.8 Å². The lowest BCUT2D eigenvalue weighted by molar-refractivity contribution is -0.178. The van der Waals surface area contributed by atoms with Gasteiger partial charge < -0.3 is 4.74 Å². The zero-order valence-corrected chi connectivity index (χ0v) is 16.5. The van der Waals surface area contributed by atoms with E-state index in [4.69, 9.17) is 4.74 Å². The van der Waals surface area contributed by atoms with Gasteiger partial charge in [-0.25, -0.2) is 0 Å². The summed E-state index contributed by atoms with van der Waals surface area (Å²) in [6, 6.07) is 0. The number of fused-ring (bicyclic) bond motifs is 6. The van der Waals surface area contributed by atoms with E-state index in [9.17, 15) is 9.59 Å². The zero-order chi connectivity index (χ0) is 18.4.